The van der Waals surface area contributed by atoms with Gasteiger partial charge in [-0.15, -0.1) is 0 Å². The minimum Gasteiger partial charge on any atom is -0.512 e. The maximum Gasteiger partial charge on any atom is 0.325 e. The van der Waals surface area contributed by atoms with Gasteiger partial charge in [-0.2, -0.15) is 0 Å². The van der Waals surface area contributed by atoms with Crippen molar-refractivity contribution in [2.45, 2.75) is 319 Å². The van der Waals surface area contributed by atoms with Gasteiger partial charge < -0.3 is 61.3 Å². The molecule has 0 atom stereocenters. The Morgan fingerprint density at radius 3 is 0.396 bits per heavy atom. The van der Waals surface area contributed by atoms with Crippen LogP contribution in [0.3, 0.4) is 0 Å². The van der Waals surface area contributed by atoms with Crippen LogP contribution in [0.15, 0.2) is 71.0 Å². The van der Waals surface area contributed by atoms with Gasteiger partial charge in [-0.3, -0.25) is 28.8 Å². The first-order valence-corrected chi connectivity index (χ1v) is 33.5. The molecule has 0 amide bonds. The van der Waals surface area contributed by atoms with Crippen molar-refractivity contribution in [3.05, 3.63) is 71.0 Å². The molecule has 0 aliphatic heterocycles. The first-order chi connectivity index (χ1) is 41.5. The van der Waals surface area contributed by atoms with E-state index in [9.17, 15) is 59.4 Å². The molecule has 24 heteroatoms. The van der Waals surface area contributed by atoms with Crippen LogP contribution < -0.4 is 0 Å². The number of allylic oxidation sites excluding steroid dienone is 12. The largest absolute Gasteiger partial charge is 0.512 e. The monoisotopic (exact) mass is 2180 g/mol. The van der Waals surface area contributed by atoms with Crippen LogP contribution in [-0.2, 0) is 156 Å². The summed E-state index contributed by atoms with van der Waals surface area (Å²) in [6.07, 6.45) is 8.07. The molecule has 0 aromatic carbocycles. The minimum absolute atomic E-state index is 0. The van der Waals surface area contributed by atoms with E-state index < -0.39 is 16.8 Å². The molecular weight excluding hydrogens is 2020 g/mol. The molecule has 0 aromatic heterocycles. The van der Waals surface area contributed by atoms with E-state index in [4.69, 9.17) is 30.6 Å². The number of aliphatic hydroxyl groups is 12. The summed E-state index contributed by atoms with van der Waals surface area (Å²) in [5, 5.41) is 105. The van der Waals surface area contributed by atoms with Gasteiger partial charge >= 0.3 is 34.7 Å². The third-order valence-corrected chi connectivity index (χ3v) is 9.20. The molecule has 0 saturated heterocycles. The Hall–Kier alpha value is 0.280. The van der Waals surface area contributed by atoms with Crippen LogP contribution in [0.5, 0.6) is 0 Å². The van der Waals surface area contributed by atoms with Gasteiger partial charge in [0.25, 0.3) is 0 Å². The first-order valence-electron chi connectivity index (χ1n) is 33.5. The minimum atomic E-state index is -0.500. The second-order valence-corrected chi connectivity index (χ2v) is 31.7. The van der Waals surface area contributed by atoms with E-state index in [1.807, 2.05) is 180 Å². The van der Waals surface area contributed by atoms with Crippen molar-refractivity contribution in [1.82, 2.24) is 0 Å². The van der Waals surface area contributed by atoms with Gasteiger partial charge in [-0.05, 0) is 125 Å². The zero-order chi connectivity index (χ0) is 80.2. The Bertz CT molecular complexity index is 1890. The first kappa shape index (κ1) is 147. The van der Waals surface area contributed by atoms with Crippen LogP contribution in [-0.4, -0.2) is 160 Å². The number of carbonyl (C=O) groups excluding carboxylic acids is 6. The van der Waals surface area contributed by atoms with Gasteiger partial charge in [0.2, 0.25) is 0 Å². The predicted octanol–water partition coefficient (Wildman–Crippen LogP) is 18.0. The van der Waals surface area contributed by atoms with E-state index in [-0.39, 0.29) is 314 Å². The summed E-state index contributed by atoms with van der Waals surface area (Å²) < 4.78 is 0. The summed E-state index contributed by atoms with van der Waals surface area (Å²) in [4.78, 5) is 55.7. The fourth-order valence-electron chi connectivity index (χ4n) is 2.99. The van der Waals surface area contributed by atoms with Crippen LogP contribution in [0.2, 0.25) is 0 Å². The molecule has 0 spiro atoms. The summed E-state index contributed by atoms with van der Waals surface area (Å²) in [6.45, 7) is 74.9. The zero-order valence-electron chi connectivity index (χ0n) is 71.5. The second kappa shape index (κ2) is 79.8. The summed E-state index contributed by atoms with van der Waals surface area (Å²) in [6, 6.07) is 0. The molecule has 18 N–H and O–H groups in total. The number of ketones is 6. The molecule has 0 fully saturated rings. The standard InChI is InChI=1S/C11H20O2.5C9H16O2.3C4H10O.3C3H8O.3Hf.3Zr/c1-10(2,3)8(12)7-9(13)11(4,5)6;5*1-6(2)8(10)5-9(11)7(3)4;3*1-4(2,3)5;3*1-3(2)4;;;;;;/h7,12H,1-6H3;5*5-7,10H,1-4H3;3*5H,1-3H3;3*3-4H,1-2H3;;;;;;/p+6. The van der Waals surface area contributed by atoms with E-state index in [0.717, 1.165) is 0 Å². The molecule has 0 unspecified atom stereocenters. The third-order valence-electron chi connectivity index (χ3n) is 9.20. The van der Waals surface area contributed by atoms with Gasteiger partial charge in [0.05, 0.1) is 88.3 Å². The third kappa shape index (κ3) is 166. The Balaban J connectivity index is -0.0000000472. The van der Waals surface area contributed by atoms with Crippen molar-refractivity contribution < 1.29 is 246 Å². The maximum atomic E-state index is 9.60. The quantitative estimate of drug-likeness (QED) is 0.0297. The predicted molar refractivity (Wildman–Crippen MR) is 411 cm³/mol. The average Bonchev–Trinajstić information content (AvgIpc) is 3.31. The molecular formula is C77H160Hf3O18Zr3+6. The van der Waals surface area contributed by atoms with Gasteiger partial charge in [0.15, 0.2) is 0 Å². The number of aliphatic hydroxyl groups excluding tert-OH is 9. The van der Waals surface area contributed by atoms with Crippen LogP contribution in [0.25, 0.3) is 0 Å². The molecule has 0 saturated carbocycles. The number of hydrogen-bond acceptors (Lipinski definition) is 12. The van der Waals surface area contributed by atoms with Gasteiger partial charge in [0.1, 0.15) is 34.6 Å². The SMILES string of the molecule is CC(C)(C)C(=[OH+])C=C(O)C(C)(C)C.CC(C)(C)O.CC(C)(C)O.CC(C)(C)O.CC(C)C(=[OH+])C=C(O)C(C)C.CC(C)C(=[OH+])C=C(O)C(C)C.CC(C)C(=[OH+])C=C(O)C(C)C.CC(C)C(=[OH+])C=C(O)C(C)C.CC(C)C(=[OH+])C=C(O)C(C)C.CC(C)O.CC(C)O.CC(C)O.[Hf].[Hf].[Hf].[Zr].[Zr].[Zr]. The van der Waals surface area contributed by atoms with Crippen LogP contribution in [0, 0.1) is 70.0 Å². The molecule has 0 aliphatic carbocycles. The van der Waals surface area contributed by atoms with Crippen LogP contribution in [0.1, 0.15) is 284 Å². The van der Waals surface area contributed by atoms with Crippen molar-refractivity contribution in [3.8, 4) is 0 Å². The van der Waals surface area contributed by atoms with Crippen molar-refractivity contribution in [2.75, 3.05) is 0 Å². The van der Waals surface area contributed by atoms with Crippen molar-refractivity contribution >= 4 is 34.7 Å². The maximum absolute atomic E-state index is 9.60. The summed E-state index contributed by atoms with van der Waals surface area (Å²) >= 11 is 0. The number of hydrogen-bond donors (Lipinski definition) is 12. The molecule has 0 bridgehead atoms. The average molecular weight is 2180 g/mol. The van der Waals surface area contributed by atoms with Crippen molar-refractivity contribution in [2.24, 2.45) is 70.0 Å². The number of rotatable bonds is 16. The zero-order valence-corrected chi connectivity index (χ0v) is 89.7. The fraction of sp³-hybridized carbons (Fsp3) is 0.766. The summed E-state index contributed by atoms with van der Waals surface area (Å²) in [7, 11) is 0. The summed E-state index contributed by atoms with van der Waals surface area (Å²) in [5.41, 5.74) is -2.11. The van der Waals surface area contributed by atoms with E-state index >= 15 is 0 Å². The molecule has 0 rings (SSSR count). The molecule has 0 aliphatic rings. The van der Waals surface area contributed by atoms with E-state index in [0.29, 0.717) is 0 Å². The van der Waals surface area contributed by atoms with Crippen LogP contribution in [0.4, 0.5) is 0 Å². The Kier molecular flexibility index (Phi) is 116. The van der Waals surface area contributed by atoms with E-state index in [1.165, 1.54) is 36.5 Å². The van der Waals surface area contributed by atoms with Gasteiger partial charge in [-0.25, -0.2) is 0 Å². The second-order valence-electron chi connectivity index (χ2n) is 31.7. The van der Waals surface area contributed by atoms with Crippen LogP contribution >= 0.6 is 0 Å². The topological polar surface area (TPSA) is 371 Å². The molecule has 0 heterocycles. The molecule has 0 aromatic rings. The Morgan fingerprint density at radius 1 is 0.238 bits per heavy atom. The smallest absolute Gasteiger partial charge is 0.325 e. The molecule has 101 heavy (non-hydrogen) atoms. The van der Waals surface area contributed by atoms with Gasteiger partial charge in [0, 0.05) is 209 Å². The Labute approximate surface area is 732 Å². The Morgan fingerprint density at radius 2 is 0.337 bits per heavy atom. The van der Waals surface area contributed by atoms with E-state index in [1.54, 1.807) is 104 Å². The summed E-state index contributed by atoms with van der Waals surface area (Å²) in [5.74, 6) is 3.54. The van der Waals surface area contributed by atoms with Gasteiger partial charge in [-0.1, -0.05) is 159 Å². The van der Waals surface area contributed by atoms with Crippen molar-refractivity contribution in [3.63, 3.8) is 0 Å². The van der Waals surface area contributed by atoms with Crippen molar-refractivity contribution in [1.29, 1.82) is 0 Å². The molecule has 594 valence electrons. The normalized spacial score (nSPS) is 11.6. The molecule has 0 radical (unpaired) electrons. The van der Waals surface area contributed by atoms with E-state index in [2.05, 4.69) is 0 Å². The molecule has 18 nitrogen and oxygen atoms in total. The fourth-order valence-corrected chi connectivity index (χ4v) is 2.99.